The molecular weight excluding hydrogens is 338 g/mol. The van der Waals surface area contributed by atoms with Crippen molar-refractivity contribution in [3.63, 3.8) is 0 Å². The van der Waals surface area contributed by atoms with Gasteiger partial charge in [-0.2, -0.15) is 0 Å². The lowest BCUT2D eigenvalue weighted by Crippen LogP contribution is -2.24. The van der Waals surface area contributed by atoms with Crippen molar-refractivity contribution in [1.29, 1.82) is 0 Å². The summed E-state index contributed by atoms with van der Waals surface area (Å²) in [5.74, 6) is 2.79. The van der Waals surface area contributed by atoms with Gasteiger partial charge in [0.2, 0.25) is 0 Å². The molecule has 3 heterocycles. The molecule has 0 N–H and O–H groups in total. The van der Waals surface area contributed by atoms with Gasteiger partial charge in [0.15, 0.2) is 0 Å². The van der Waals surface area contributed by atoms with Gasteiger partial charge in [0.25, 0.3) is 0 Å². The molecule has 0 spiro atoms. The number of aryl methyl sites for hydroxylation is 2. The lowest BCUT2D eigenvalue weighted by molar-refractivity contribution is 0.0824. The molecule has 2 aromatic rings. The van der Waals surface area contributed by atoms with Gasteiger partial charge in [0.1, 0.15) is 11.6 Å². The first-order chi connectivity index (χ1) is 13.2. The molecule has 4 rings (SSSR count). The first kappa shape index (κ1) is 18.5. The lowest BCUT2D eigenvalue weighted by Gasteiger charge is -2.26. The zero-order valence-electron chi connectivity index (χ0n) is 16.8. The van der Waals surface area contributed by atoms with Gasteiger partial charge in [-0.3, -0.25) is 4.90 Å². The summed E-state index contributed by atoms with van der Waals surface area (Å²) >= 11 is 0. The van der Waals surface area contributed by atoms with Crippen LogP contribution in [0.5, 0.6) is 5.75 Å². The highest BCUT2D eigenvalue weighted by Gasteiger charge is 2.29. The van der Waals surface area contributed by atoms with E-state index in [2.05, 4.69) is 47.7 Å². The second-order valence-corrected chi connectivity index (χ2v) is 8.00. The van der Waals surface area contributed by atoms with E-state index in [0.717, 1.165) is 51.4 Å². The maximum absolute atomic E-state index is 5.55. The minimum Gasteiger partial charge on any atom is -0.496 e. The summed E-state index contributed by atoms with van der Waals surface area (Å²) in [5, 5.41) is 0. The molecule has 2 fully saturated rings. The summed E-state index contributed by atoms with van der Waals surface area (Å²) in [6, 6.07) is 7.06. The van der Waals surface area contributed by atoms with Crippen LogP contribution in [0.25, 0.3) is 0 Å². The number of ether oxygens (including phenoxy) is 2. The molecule has 1 aromatic heterocycles. The molecule has 1 atom stereocenters. The highest BCUT2D eigenvalue weighted by Crippen LogP contribution is 2.32. The van der Waals surface area contributed by atoms with Crippen molar-refractivity contribution in [2.24, 2.45) is 0 Å². The van der Waals surface area contributed by atoms with Crippen molar-refractivity contribution < 1.29 is 9.47 Å². The van der Waals surface area contributed by atoms with E-state index in [9.17, 15) is 0 Å². The molecule has 2 saturated heterocycles. The first-order valence-corrected chi connectivity index (χ1v) is 10.1. The second kappa shape index (κ2) is 8.03. The summed E-state index contributed by atoms with van der Waals surface area (Å²) in [5.41, 5.74) is 3.86. The summed E-state index contributed by atoms with van der Waals surface area (Å²) in [6.45, 7) is 9.28. The topological polar surface area (TPSA) is 39.5 Å². The third kappa shape index (κ3) is 3.90. The van der Waals surface area contributed by atoms with Crippen LogP contribution in [0.1, 0.15) is 53.9 Å². The summed E-state index contributed by atoms with van der Waals surface area (Å²) in [4.78, 5) is 7.37. The van der Waals surface area contributed by atoms with Gasteiger partial charge in [0, 0.05) is 56.7 Å². The number of hydrogen-bond acceptors (Lipinski definition) is 4. The SMILES string of the molecule is COc1ccc(CN2CCC(n3c(C)cnc3C3CCOCC3)C2)cc1C. The molecule has 0 bridgehead atoms. The fraction of sp³-hybridized carbons (Fsp3) is 0.591. The third-order valence-electron chi connectivity index (χ3n) is 6.07. The normalized spacial score (nSPS) is 21.7. The minimum atomic E-state index is 0.532. The number of imidazole rings is 1. The van der Waals surface area contributed by atoms with Gasteiger partial charge < -0.3 is 14.0 Å². The second-order valence-electron chi connectivity index (χ2n) is 8.00. The smallest absolute Gasteiger partial charge is 0.121 e. The zero-order chi connectivity index (χ0) is 18.8. The largest absolute Gasteiger partial charge is 0.496 e. The maximum atomic E-state index is 5.55. The zero-order valence-corrected chi connectivity index (χ0v) is 16.8. The molecule has 2 aliphatic rings. The van der Waals surface area contributed by atoms with Gasteiger partial charge in [-0.25, -0.2) is 4.98 Å². The van der Waals surface area contributed by atoms with E-state index in [-0.39, 0.29) is 0 Å². The molecule has 0 amide bonds. The van der Waals surface area contributed by atoms with Crippen LogP contribution < -0.4 is 4.74 Å². The lowest BCUT2D eigenvalue weighted by atomic mass is 9.99. The molecule has 0 aliphatic carbocycles. The van der Waals surface area contributed by atoms with Crippen molar-refractivity contribution in [3.05, 3.63) is 47.0 Å². The molecule has 2 aliphatic heterocycles. The number of nitrogens with zero attached hydrogens (tertiary/aromatic N) is 3. The van der Waals surface area contributed by atoms with E-state index in [4.69, 9.17) is 14.5 Å². The highest BCUT2D eigenvalue weighted by molar-refractivity contribution is 5.36. The molecule has 5 heteroatoms. The van der Waals surface area contributed by atoms with E-state index >= 15 is 0 Å². The molecule has 27 heavy (non-hydrogen) atoms. The average Bonchev–Trinajstić information content (AvgIpc) is 3.29. The van der Waals surface area contributed by atoms with Crippen LogP contribution in [0.4, 0.5) is 0 Å². The Kier molecular flexibility index (Phi) is 5.50. The predicted molar refractivity (Wildman–Crippen MR) is 106 cm³/mol. The minimum absolute atomic E-state index is 0.532. The van der Waals surface area contributed by atoms with Gasteiger partial charge in [-0.1, -0.05) is 12.1 Å². The Morgan fingerprint density at radius 1 is 1.19 bits per heavy atom. The van der Waals surface area contributed by atoms with Crippen LogP contribution >= 0.6 is 0 Å². The Morgan fingerprint density at radius 3 is 2.74 bits per heavy atom. The van der Waals surface area contributed by atoms with Gasteiger partial charge in [0.05, 0.1) is 7.11 Å². The molecule has 0 saturated carbocycles. The van der Waals surface area contributed by atoms with E-state index in [1.807, 2.05) is 0 Å². The molecule has 146 valence electrons. The number of hydrogen-bond donors (Lipinski definition) is 0. The van der Waals surface area contributed by atoms with Gasteiger partial charge in [-0.05, 0) is 50.3 Å². The number of rotatable bonds is 5. The Labute approximate surface area is 162 Å². The van der Waals surface area contributed by atoms with Crippen LogP contribution in [0.15, 0.2) is 24.4 Å². The molecule has 0 radical (unpaired) electrons. The average molecular weight is 370 g/mol. The monoisotopic (exact) mass is 369 g/mol. The molecule has 1 unspecified atom stereocenters. The fourth-order valence-corrected chi connectivity index (χ4v) is 4.66. The van der Waals surface area contributed by atoms with Gasteiger partial charge in [-0.15, -0.1) is 0 Å². The molecule has 5 nitrogen and oxygen atoms in total. The van der Waals surface area contributed by atoms with Crippen molar-refractivity contribution in [2.75, 3.05) is 33.4 Å². The van der Waals surface area contributed by atoms with E-state index in [0.29, 0.717) is 12.0 Å². The third-order valence-corrected chi connectivity index (χ3v) is 6.07. The Hall–Kier alpha value is -1.85. The Balaban J connectivity index is 1.45. The van der Waals surface area contributed by atoms with Crippen molar-refractivity contribution in [2.45, 2.75) is 51.6 Å². The number of aromatic nitrogens is 2. The standard InChI is InChI=1S/C22H31N3O2/c1-16-12-18(4-5-21(16)26-3)14-24-9-6-20(15-24)25-17(2)13-23-22(25)19-7-10-27-11-8-19/h4-5,12-13,19-20H,6-11,14-15H2,1-3H3. The van der Waals surface area contributed by atoms with Crippen LogP contribution in [0.3, 0.4) is 0 Å². The van der Waals surface area contributed by atoms with Crippen LogP contribution in [0, 0.1) is 13.8 Å². The number of methoxy groups -OCH3 is 1. The maximum Gasteiger partial charge on any atom is 0.121 e. The number of likely N-dealkylation sites (tertiary alicyclic amines) is 1. The van der Waals surface area contributed by atoms with Gasteiger partial charge >= 0.3 is 0 Å². The van der Waals surface area contributed by atoms with Crippen LogP contribution in [0.2, 0.25) is 0 Å². The Bertz CT molecular complexity index is 780. The number of benzene rings is 1. The molecule has 1 aromatic carbocycles. The van der Waals surface area contributed by atoms with Crippen LogP contribution in [-0.2, 0) is 11.3 Å². The molecular formula is C22H31N3O2. The summed E-state index contributed by atoms with van der Waals surface area (Å²) < 4.78 is 13.5. The quantitative estimate of drug-likeness (QED) is 0.803. The van der Waals surface area contributed by atoms with Crippen molar-refractivity contribution in [1.82, 2.24) is 14.5 Å². The van der Waals surface area contributed by atoms with Crippen LogP contribution in [-0.4, -0.2) is 47.9 Å². The van der Waals surface area contributed by atoms with E-state index < -0.39 is 0 Å². The van der Waals surface area contributed by atoms with Crippen molar-refractivity contribution in [3.8, 4) is 5.75 Å². The predicted octanol–water partition coefficient (Wildman–Crippen LogP) is 3.85. The first-order valence-electron chi connectivity index (χ1n) is 10.1. The highest BCUT2D eigenvalue weighted by atomic mass is 16.5. The summed E-state index contributed by atoms with van der Waals surface area (Å²) in [6.07, 6.45) is 5.44. The van der Waals surface area contributed by atoms with E-state index in [1.165, 1.54) is 29.1 Å². The fourth-order valence-electron chi connectivity index (χ4n) is 4.66. The summed E-state index contributed by atoms with van der Waals surface area (Å²) in [7, 11) is 1.73. The van der Waals surface area contributed by atoms with Crippen molar-refractivity contribution >= 4 is 0 Å². The van der Waals surface area contributed by atoms with E-state index in [1.54, 1.807) is 7.11 Å². The Morgan fingerprint density at radius 2 is 2.00 bits per heavy atom.